The number of fused-ring (bicyclic) bond motifs is 1. The number of hydrogen-bond acceptors (Lipinski definition) is 5. The van der Waals surface area contributed by atoms with Gasteiger partial charge in [-0.2, -0.15) is 0 Å². The van der Waals surface area contributed by atoms with Crippen molar-refractivity contribution in [2.45, 2.75) is 57.3 Å². The number of piperazine rings is 2. The van der Waals surface area contributed by atoms with Crippen molar-refractivity contribution >= 4 is 5.91 Å². The molecule has 2 saturated heterocycles. The van der Waals surface area contributed by atoms with E-state index in [1.54, 1.807) is 4.90 Å². The van der Waals surface area contributed by atoms with Crippen molar-refractivity contribution < 1.29 is 9.18 Å². The van der Waals surface area contributed by atoms with E-state index in [0.29, 0.717) is 18.8 Å². The summed E-state index contributed by atoms with van der Waals surface area (Å²) < 4.78 is 15.7. The lowest BCUT2D eigenvalue weighted by molar-refractivity contribution is -0.146. The summed E-state index contributed by atoms with van der Waals surface area (Å²) in [5, 5.41) is 0. The third kappa shape index (κ3) is 3.68. The van der Waals surface area contributed by atoms with Crippen molar-refractivity contribution in [3.05, 3.63) is 11.9 Å². The molecular weight excluding hydrogens is 345 g/mol. The lowest BCUT2D eigenvalue weighted by Crippen LogP contribution is -2.71. The summed E-state index contributed by atoms with van der Waals surface area (Å²) in [4.78, 5) is 21.0. The molecule has 0 aromatic heterocycles. The Morgan fingerprint density at radius 3 is 2.59 bits per heavy atom. The number of hydrogen-bond donors (Lipinski definition) is 1. The second kappa shape index (κ2) is 8.35. The predicted octanol–water partition coefficient (Wildman–Crippen LogP) is 1.24. The molecule has 6 nitrogen and oxygen atoms in total. The summed E-state index contributed by atoms with van der Waals surface area (Å²) in [5.41, 5.74) is 6.40. The van der Waals surface area contributed by atoms with Crippen LogP contribution in [0.5, 0.6) is 0 Å². The van der Waals surface area contributed by atoms with Crippen LogP contribution in [-0.2, 0) is 4.79 Å². The molecule has 0 spiro atoms. The lowest BCUT2D eigenvalue weighted by Gasteiger charge is -2.55. The number of rotatable bonds is 6. The zero-order valence-electron chi connectivity index (χ0n) is 17.2. The third-order valence-electron chi connectivity index (χ3n) is 6.74. The Morgan fingerprint density at radius 2 is 1.93 bits per heavy atom. The molecule has 3 heterocycles. The molecule has 3 aliphatic heterocycles. The number of alkyl halides is 1. The SMILES string of the molecule is CCCCCC1(N2CCN3CCN(C)C(=O)C3C2)C(N)=CN(CC)CC1F. The Bertz CT molecular complexity index is 571. The highest BCUT2D eigenvalue weighted by Crippen LogP contribution is 2.39. The van der Waals surface area contributed by atoms with Gasteiger partial charge in [0.15, 0.2) is 0 Å². The van der Waals surface area contributed by atoms with Gasteiger partial charge in [0, 0.05) is 58.2 Å². The first-order chi connectivity index (χ1) is 12.9. The molecule has 3 rings (SSSR count). The van der Waals surface area contributed by atoms with Gasteiger partial charge in [-0.25, -0.2) is 4.39 Å². The number of unbranched alkanes of at least 4 members (excludes halogenated alkanes) is 2. The van der Waals surface area contributed by atoms with Crippen LogP contribution in [0.15, 0.2) is 11.9 Å². The summed E-state index contributed by atoms with van der Waals surface area (Å²) in [6, 6.07) is -0.176. The fourth-order valence-corrected chi connectivity index (χ4v) is 4.93. The summed E-state index contributed by atoms with van der Waals surface area (Å²) in [5.74, 6) is 0.151. The molecule has 7 heteroatoms. The molecule has 3 aliphatic rings. The van der Waals surface area contributed by atoms with Gasteiger partial charge in [0.1, 0.15) is 12.2 Å². The zero-order chi connectivity index (χ0) is 19.6. The second-order valence-corrected chi connectivity index (χ2v) is 8.28. The molecule has 0 aromatic rings. The van der Waals surface area contributed by atoms with Gasteiger partial charge >= 0.3 is 0 Å². The molecule has 0 radical (unpaired) electrons. The molecule has 1 amide bonds. The third-order valence-corrected chi connectivity index (χ3v) is 6.74. The number of carbonyl (C=O) groups is 1. The molecule has 0 bridgehead atoms. The first kappa shape index (κ1) is 20.4. The minimum absolute atomic E-state index is 0.151. The topological polar surface area (TPSA) is 56.1 Å². The van der Waals surface area contributed by atoms with Crippen molar-refractivity contribution in [1.82, 2.24) is 19.6 Å². The maximum atomic E-state index is 15.7. The molecule has 154 valence electrons. The molecule has 0 aromatic carbocycles. The van der Waals surface area contributed by atoms with E-state index in [9.17, 15) is 4.79 Å². The monoisotopic (exact) mass is 381 g/mol. The van der Waals surface area contributed by atoms with Gasteiger partial charge in [0.05, 0.1) is 12.1 Å². The van der Waals surface area contributed by atoms with Gasteiger partial charge in [0.25, 0.3) is 0 Å². The Balaban J connectivity index is 1.88. The van der Waals surface area contributed by atoms with Gasteiger partial charge in [0.2, 0.25) is 5.91 Å². The molecule has 3 unspecified atom stereocenters. The van der Waals surface area contributed by atoms with Crippen molar-refractivity contribution in [1.29, 1.82) is 0 Å². The van der Waals surface area contributed by atoms with Crippen LogP contribution in [0.4, 0.5) is 4.39 Å². The van der Waals surface area contributed by atoms with Crippen molar-refractivity contribution in [3.8, 4) is 0 Å². The summed E-state index contributed by atoms with van der Waals surface area (Å²) in [6.45, 7) is 9.12. The normalized spacial score (nSPS) is 33.2. The first-order valence-corrected chi connectivity index (χ1v) is 10.5. The minimum Gasteiger partial charge on any atom is -0.399 e. The van der Waals surface area contributed by atoms with Gasteiger partial charge in [-0.3, -0.25) is 14.6 Å². The van der Waals surface area contributed by atoms with Crippen LogP contribution in [-0.4, -0.2) is 96.1 Å². The fourth-order valence-electron chi connectivity index (χ4n) is 4.93. The Labute approximate surface area is 163 Å². The van der Waals surface area contributed by atoms with Gasteiger partial charge in [-0.15, -0.1) is 0 Å². The van der Waals surface area contributed by atoms with Gasteiger partial charge in [-0.05, 0) is 13.3 Å². The maximum absolute atomic E-state index is 15.7. The average molecular weight is 382 g/mol. The molecule has 2 N–H and O–H groups in total. The van der Waals surface area contributed by atoms with Crippen molar-refractivity contribution in [2.24, 2.45) is 5.73 Å². The highest BCUT2D eigenvalue weighted by Gasteiger charge is 2.52. The lowest BCUT2D eigenvalue weighted by atomic mass is 9.79. The van der Waals surface area contributed by atoms with Crippen molar-refractivity contribution in [2.75, 3.05) is 52.9 Å². The summed E-state index contributed by atoms with van der Waals surface area (Å²) in [6.07, 6.45) is 4.75. The van der Waals surface area contributed by atoms with E-state index < -0.39 is 11.7 Å². The van der Waals surface area contributed by atoms with E-state index >= 15 is 4.39 Å². The van der Waals surface area contributed by atoms with E-state index in [1.165, 1.54) is 0 Å². The van der Waals surface area contributed by atoms with Crippen LogP contribution in [0.2, 0.25) is 0 Å². The van der Waals surface area contributed by atoms with Crippen LogP contribution in [0.1, 0.15) is 39.5 Å². The quantitative estimate of drug-likeness (QED) is 0.702. The van der Waals surface area contributed by atoms with E-state index in [4.69, 9.17) is 5.73 Å². The van der Waals surface area contributed by atoms with E-state index in [-0.39, 0.29) is 11.9 Å². The molecular formula is C20H36FN5O. The highest BCUT2D eigenvalue weighted by atomic mass is 19.1. The van der Waals surface area contributed by atoms with Crippen LogP contribution in [0.3, 0.4) is 0 Å². The Morgan fingerprint density at radius 1 is 1.19 bits per heavy atom. The van der Waals surface area contributed by atoms with E-state index in [0.717, 1.165) is 58.4 Å². The summed E-state index contributed by atoms with van der Waals surface area (Å²) in [7, 11) is 1.86. The van der Waals surface area contributed by atoms with E-state index in [1.807, 2.05) is 25.1 Å². The number of amides is 1. The molecule has 3 atom stereocenters. The number of nitrogens with two attached hydrogens (primary N) is 1. The minimum atomic E-state index is -1.04. The zero-order valence-corrected chi connectivity index (χ0v) is 17.2. The second-order valence-electron chi connectivity index (χ2n) is 8.28. The first-order valence-electron chi connectivity index (χ1n) is 10.5. The summed E-state index contributed by atoms with van der Waals surface area (Å²) >= 11 is 0. The molecule has 0 saturated carbocycles. The van der Waals surface area contributed by atoms with Gasteiger partial charge in [-0.1, -0.05) is 26.2 Å². The highest BCUT2D eigenvalue weighted by molar-refractivity contribution is 5.82. The van der Waals surface area contributed by atoms with Crippen LogP contribution in [0.25, 0.3) is 0 Å². The van der Waals surface area contributed by atoms with Crippen LogP contribution in [0, 0.1) is 0 Å². The van der Waals surface area contributed by atoms with E-state index in [2.05, 4.69) is 16.7 Å². The standard InChI is InChI=1S/C20H36FN5O/c1-4-6-7-8-20(17(21)14-24(5-2)15-18(20)22)26-12-11-25-10-9-23(3)19(27)16(25)13-26/h15-17H,4-14,22H2,1-3H3. The molecule has 2 fully saturated rings. The van der Waals surface area contributed by atoms with Crippen molar-refractivity contribution in [3.63, 3.8) is 0 Å². The number of nitrogens with zero attached hydrogens (tertiary/aromatic N) is 4. The smallest absolute Gasteiger partial charge is 0.241 e. The van der Waals surface area contributed by atoms with Crippen LogP contribution >= 0.6 is 0 Å². The van der Waals surface area contributed by atoms with Crippen LogP contribution < -0.4 is 5.73 Å². The maximum Gasteiger partial charge on any atom is 0.241 e. The number of carbonyl (C=O) groups excluding carboxylic acids is 1. The molecule has 27 heavy (non-hydrogen) atoms. The predicted molar refractivity (Wildman–Crippen MR) is 106 cm³/mol. The largest absolute Gasteiger partial charge is 0.399 e. The fraction of sp³-hybridized carbons (Fsp3) is 0.850. The Hall–Kier alpha value is -1.34. The van der Waals surface area contributed by atoms with Gasteiger partial charge < -0.3 is 15.5 Å². The average Bonchev–Trinajstić information content (AvgIpc) is 2.67. The number of likely N-dealkylation sites (N-methyl/N-ethyl adjacent to an activating group) is 1. The Kier molecular flexibility index (Phi) is 6.31. The number of halogens is 1. The molecule has 0 aliphatic carbocycles.